The molecule has 0 aliphatic carbocycles. The van der Waals surface area contributed by atoms with Crippen molar-refractivity contribution in [2.75, 3.05) is 45.9 Å². The molecule has 3 rings (SSSR count). The van der Waals surface area contributed by atoms with Crippen LogP contribution in [0.15, 0.2) is 18.2 Å². The lowest BCUT2D eigenvalue weighted by molar-refractivity contribution is 0.0385. The Morgan fingerprint density at radius 3 is 3.00 bits per heavy atom. The van der Waals surface area contributed by atoms with Crippen LogP contribution in [0.5, 0.6) is 0 Å². The fourth-order valence-electron chi connectivity index (χ4n) is 2.69. The molecule has 1 aliphatic heterocycles. The lowest BCUT2D eigenvalue weighted by Gasteiger charge is -2.26. The number of aromatic nitrogens is 2. The van der Waals surface area contributed by atoms with Crippen molar-refractivity contribution in [3.05, 3.63) is 29.6 Å². The Morgan fingerprint density at radius 1 is 1.29 bits per heavy atom. The summed E-state index contributed by atoms with van der Waals surface area (Å²) in [6.07, 6.45) is 0.941. The van der Waals surface area contributed by atoms with Crippen molar-refractivity contribution >= 4 is 11.0 Å². The molecule has 0 saturated carbocycles. The van der Waals surface area contributed by atoms with Gasteiger partial charge in [0.05, 0.1) is 24.2 Å². The van der Waals surface area contributed by atoms with Gasteiger partial charge in [0.1, 0.15) is 5.82 Å². The normalized spacial score (nSPS) is 16.6. The Morgan fingerprint density at radius 2 is 2.14 bits per heavy atom. The Balaban J connectivity index is 1.40. The number of H-pyrrole nitrogens is 1. The number of ether oxygens (including phenoxy) is 1. The first-order valence-electron chi connectivity index (χ1n) is 7.77. The average molecular weight is 288 g/mol. The van der Waals surface area contributed by atoms with Crippen molar-refractivity contribution in [1.82, 2.24) is 20.2 Å². The number of hydrogen-bond donors (Lipinski definition) is 2. The molecule has 0 amide bonds. The van der Waals surface area contributed by atoms with Crippen LogP contribution in [0.25, 0.3) is 11.0 Å². The first-order chi connectivity index (χ1) is 10.3. The molecule has 1 saturated heterocycles. The molecule has 5 heteroatoms. The SMILES string of the molecule is Cc1ccc2nc(CCNCCN3CCOCC3)[nH]c2c1. The highest BCUT2D eigenvalue weighted by atomic mass is 16.5. The number of benzene rings is 1. The minimum Gasteiger partial charge on any atom is -0.379 e. The number of imidazole rings is 1. The lowest BCUT2D eigenvalue weighted by atomic mass is 10.2. The van der Waals surface area contributed by atoms with E-state index in [4.69, 9.17) is 4.74 Å². The summed E-state index contributed by atoms with van der Waals surface area (Å²) in [7, 11) is 0. The predicted molar refractivity (Wildman–Crippen MR) is 84.7 cm³/mol. The topological polar surface area (TPSA) is 53.2 Å². The third-order valence-electron chi connectivity index (χ3n) is 3.93. The van der Waals surface area contributed by atoms with E-state index in [0.29, 0.717) is 0 Å². The molecule has 0 spiro atoms. The summed E-state index contributed by atoms with van der Waals surface area (Å²) in [6.45, 7) is 9.06. The van der Waals surface area contributed by atoms with Crippen molar-refractivity contribution in [3.8, 4) is 0 Å². The summed E-state index contributed by atoms with van der Waals surface area (Å²) in [4.78, 5) is 10.5. The average Bonchev–Trinajstić information content (AvgIpc) is 2.90. The van der Waals surface area contributed by atoms with Crippen LogP contribution in [-0.2, 0) is 11.2 Å². The first-order valence-corrected chi connectivity index (χ1v) is 7.77. The van der Waals surface area contributed by atoms with E-state index in [1.807, 2.05) is 0 Å². The maximum Gasteiger partial charge on any atom is 0.108 e. The van der Waals surface area contributed by atoms with Crippen LogP contribution in [0.2, 0.25) is 0 Å². The highest BCUT2D eigenvalue weighted by Crippen LogP contribution is 2.13. The van der Waals surface area contributed by atoms with E-state index in [2.05, 4.69) is 45.3 Å². The fraction of sp³-hybridized carbons (Fsp3) is 0.562. The molecule has 0 atom stereocenters. The molecule has 5 nitrogen and oxygen atoms in total. The summed E-state index contributed by atoms with van der Waals surface area (Å²) in [5.74, 6) is 1.06. The number of nitrogens with zero attached hydrogens (tertiary/aromatic N) is 2. The second kappa shape index (κ2) is 7.02. The molecule has 114 valence electrons. The molecule has 21 heavy (non-hydrogen) atoms. The number of aryl methyl sites for hydroxylation is 1. The van der Waals surface area contributed by atoms with Gasteiger partial charge in [-0.3, -0.25) is 4.90 Å². The molecule has 1 aromatic heterocycles. The van der Waals surface area contributed by atoms with Crippen molar-refractivity contribution < 1.29 is 4.74 Å². The van der Waals surface area contributed by atoms with Crippen LogP contribution in [0, 0.1) is 6.92 Å². The van der Waals surface area contributed by atoms with Crippen LogP contribution in [-0.4, -0.2) is 60.8 Å². The van der Waals surface area contributed by atoms with Crippen molar-refractivity contribution in [2.24, 2.45) is 0 Å². The smallest absolute Gasteiger partial charge is 0.108 e. The number of hydrogen-bond acceptors (Lipinski definition) is 4. The minimum absolute atomic E-state index is 0.873. The third-order valence-corrected chi connectivity index (χ3v) is 3.93. The van der Waals surface area contributed by atoms with Gasteiger partial charge in [0.2, 0.25) is 0 Å². The van der Waals surface area contributed by atoms with Gasteiger partial charge in [0.25, 0.3) is 0 Å². The maximum atomic E-state index is 5.35. The number of fused-ring (bicyclic) bond motifs is 1. The van der Waals surface area contributed by atoms with Gasteiger partial charge in [-0.05, 0) is 24.6 Å². The standard InChI is InChI=1S/C16H24N4O/c1-13-2-3-14-15(12-13)19-16(18-14)4-5-17-6-7-20-8-10-21-11-9-20/h2-3,12,17H,4-11H2,1H3,(H,18,19). The number of morpholine rings is 1. The van der Waals surface area contributed by atoms with Gasteiger partial charge in [-0.1, -0.05) is 6.07 Å². The van der Waals surface area contributed by atoms with Crippen molar-refractivity contribution in [2.45, 2.75) is 13.3 Å². The van der Waals surface area contributed by atoms with Gasteiger partial charge >= 0.3 is 0 Å². The van der Waals surface area contributed by atoms with Gasteiger partial charge in [0, 0.05) is 39.1 Å². The number of nitrogens with one attached hydrogen (secondary N) is 2. The number of rotatable bonds is 6. The Bertz CT molecular complexity index is 575. The highest BCUT2D eigenvalue weighted by molar-refractivity contribution is 5.75. The van der Waals surface area contributed by atoms with Crippen LogP contribution in [0.4, 0.5) is 0 Å². The van der Waals surface area contributed by atoms with E-state index in [9.17, 15) is 0 Å². The molecule has 2 heterocycles. The lowest BCUT2D eigenvalue weighted by Crippen LogP contribution is -2.40. The molecule has 1 aromatic carbocycles. The van der Waals surface area contributed by atoms with Crippen LogP contribution in [0.3, 0.4) is 0 Å². The Hall–Kier alpha value is -1.43. The van der Waals surface area contributed by atoms with Crippen LogP contribution < -0.4 is 5.32 Å². The van der Waals surface area contributed by atoms with Gasteiger partial charge in [-0.2, -0.15) is 0 Å². The van der Waals surface area contributed by atoms with E-state index in [1.54, 1.807) is 0 Å². The molecule has 2 N–H and O–H groups in total. The zero-order valence-corrected chi connectivity index (χ0v) is 12.7. The Labute approximate surface area is 125 Å². The second-order valence-corrected chi connectivity index (χ2v) is 5.66. The van der Waals surface area contributed by atoms with E-state index < -0.39 is 0 Å². The van der Waals surface area contributed by atoms with Gasteiger partial charge in [-0.15, -0.1) is 0 Å². The summed E-state index contributed by atoms with van der Waals surface area (Å²) in [5, 5.41) is 3.49. The van der Waals surface area contributed by atoms with Crippen molar-refractivity contribution in [1.29, 1.82) is 0 Å². The molecule has 0 unspecified atom stereocenters. The molecule has 2 aromatic rings. The molecule has 0 bridgehead atoms. The van der Waals surface area contributed by atoms with E-state index in [0.717, 1.165) is 69.2 Å². The second-order valence-electron chi connectivity index (χ2n) is 5.66. The fourth-order valence-corrected chi connectivity index (χ4v) is 2.69. The minimum atomic E-state index is 0.873. The molecule has 1 fully saturated rings. The van der Waals surface area contributed by atoms with Gasteiger partial charge in [0.15, 0.2) is 0 Å². The highest BCUT2D eigenvalue weighted by Gasteiger charge is 2.09. The third kappa shape index (κ3) is 4.03. The molecular weight excluding hydrogens is 264 g/mol. The monoisotopic (exact) mass is 288 g/mol. The number of aromatic amines is 1. The van der Waals surface area contributed by atoms with Crippen LogP contribution >= 0.6 is 0 Å². The van der Waals surface area contributed by atoms with E-state index >= 15 is 0 Å². The molecule has 1 aliphatic rings. The summed E-state index contributed by atoms with van der Waals surface area (Å²) in [6, 6.07) is 6.34. The van der Waals surface area contributed by atoms with Crippen LogP contribution in [0.1, 0.15) is 11.4 Å². The zero-order valence-electron chi connectivity index (χ0n) is 12.7. The first kappa shape index (κ1) is 14.5. The van der Waals surface area contributed by atoms with Gasteiger partial charge in [-0.25, -0.2) is 4.98 Å². The van der Waals surface area contributed by atoms with Gasteiger partial charge < -0.3 is 15.0 Å². The largest absolute Gasteiger partial charge is 0.379 e. The van der Waals surface area contributed by atoms with Crippen molar-refractivity contribution in [3.63, 3.8) is 0 Å². The zero-order chi connectivity index (χ0) is 14.5. The predicted octanol–water partition coefficient (Wildman–Crippen LogP) is 1.34. The quantitative estimate of drug-likeness (QED) is 0.788. The summed E-state index contributed by atoms with van der Waals surface area (Å²) in [5.41, 5.74) is 3.46. The maximum absolute atomic E-state index is 5.35. The molecule has 0 radical (unpaired) electrons. The van der Waals surface area contributed by atoms with E-state index in [-0.39, 0.29) is 0 Å². The summed E-state index contributed by atoms with van der Waals surface area (Å²) < 4.78 is 5.35. The summed E-state index contributed by atoms with van der Waals surface area (Å²) >= 11 is 0. The van der Waals surface area contributed by atoms with E-state index in [1.165, 1.54) is 5.56 Å². The molecular formula is C16H24N4O. The Kier molecular flexibility index (Phi) is 4.85.